The second-order valence-corrected chi connectivity index (χ2v) is 7.30. The summed E-state index contributed by atoms with van der Waals surface area (Å²) in [6.45, 7) is 10.2. The van der Waals surface area contributed by atoms with Crippen LogP contribution in [-0.4, -0.2) is 65.6 Å². The SMILES string of the molecule is CC(C)[C@@H](CNc1ncnc2ccsc12)N1CCN(C)CC1. The Kier molecular flexibility index (Phi) is 4.90. The lowest BCUT2D eigenvalue weighted by molar-refractivity contribution is 0.0944. The van der Waals surface area contributed by atoms with Gasteiger partial charge in [0.05, 0.1) is 10.2 Å². The smallest absolute Gasteiger partial charge is 0.147 e. The number of likely N-dealkylation sites (N-methyl/N-ethyl adjacent to an activating group) is 1. The van der Waals surface area contributed by atoms with E-state index in [1.165, 1.54) is 0 Å². The zero-order valence-electron chi connectivity index (χ0n) is 13.6. The van der Waals surface area contributed by atoms with Crippen molar-refractivity contribution in [1.82, 2.24) is 19.8 Å². The van der Waals surface area contributed by atoms with Crippen LogP contribution in [0.2, 0.25) is 0 Å². The van der Waals surface area contributed by atoms with Crippen LogP contribution in [-0.2, 0) is 0 Å². The summed E-state index contributed by atoms with van der Waals surface area (Å²) >= 11 is 1.70. The molecule has 1 atom stereocenters. The molecule has 6 heteroatoms. The van der Waals surface area contributed by atoms with E-state index in [0.717, 1.165) is 48.8 Å². The van der Waals surface area contributed by atoms with E-state index in [1.54, 1.807) is 17.7 Å². The summed E-state index contributed by atoms with van der Waals surface area (Å²) in [6, 6.07) is 2.59. The van der Waals surface area contributed by atoms with Gasteiger partial charge in [0.2, 0.25) is 0 Å². The Labute approximate surface area is 136 Å². The van der Waals surface area contributed by atoms with Crippen molar-refractivity contribution in [2.75, 3.05) is 45.1 Å². The van der Waals surface area contributed by atoms with Crippen LogP contribution in [0.15, 0.2) is 17.8 Å². The van der Waals surface area contributed by atoms with Gasteiger partial charge in [-0.2, -0.15) is 0 Å². The van der Waals surface area contributed by atoms with E-state index in [4.69, 9.17) is 0 Å². The number of thiophene rings is 1. The monoisotopic (exact) mass is 319 g/mol. The van der Waals surface area contributed by atoms with Crippen molar-refractivity contribution in [3.8, 4) is 0 Å². The van der Waals surface area contributed by atoms with Gasteiger partial charge < -0.3 is 10.2 Å². The number of hydrogen-bond donors (Lipinski definition) is 1. The molecule has 1 aliphatic rings. The van der Waals surface area contributed by atoms with Gasteiger partial charge in [-0.3, -0.25) is 4.90 Å². The van der Waals surface area contributed by atoms with Crippen molar-refractivity contribution < 1.29 is 0 Å². The third-order valence-electron chi connectivity index (χ3n) is 4.50. The molecule has 1 aliphatic heterocycles. The van der Waals surface area contributed by atoms with Gasteiger partial charge in [0, 0.05) is 38.8 Å². The van der Waals surface area contributed by atoms with Crippen LogP contribution in [0.5, 0.6) is 0 Å². The number of aromatic nitrogens is 2. The lowest BCUT2D eigenvalue weighted by Gasteiger charge is -2.40. The first-order valence-corrected chi connectivity index (χ1v) is 8.88. The molecule has 120 valence electrons. The van der Waals surface area contributed by atoms with E-state index in [-0.39, 0.29) is 0 Å². The van der Waals surface area contributed by atoms with E-state index >= 15 is 0 Å². The molecule has 1 fully saturated rings. The summed E-state index contributed by atoms with van der Waals surface area (Å²) in [5.74, 6) is 1.59. The Morgan fingerprint density at radius 3 is 2.73 bits per heavy atom. The summed E-state index contributed by atoms with van der Waals surface area (Å²) in [4.78, 5) is 13.8. The number of nitrogens with one attached hydrogen (secondary N) is 1. The molecule has 2 aromatic heterocycles. The molecule has 22 heavy (non-hydrogen) atoms. The van der Waals surface area contributed by atoms with Gasteiger partial charge in [0.15, 0.2) is 0 Å². The van der Waals surface area contributed by atoms with Crippen LogP contribution >= 0.6 is 11.3 Å². The minimum atomic E-state index is 0.540. The molecule has 0 radical (unpaired) electrons. The molecule has 0 spiro atoms. The topological polar surface area (TPSA) is 44.3 Å². The van der Waals surface area contributed by atoms with Crippen LogP contribution in [0.4, 0.5) is 5.82 Å². The number of hydrogen-bond acceptors (Lipinski definition) is 6. The fourth-order valence-electron chi connectivity index (χ4n) is 3.06. The predicted octanol–water partition coefficient (Wildman–Crippen LogP) is 2.38. The molecule has 2 aromatic rings. The number of piperazine rings is 1. The van der Waals surface area contributed by atoms with Crippen LogP contribution in [0.1, 0.15) is 13.8 Å². The molecule has 0 amide bonds. The van der Waals surface area contributed by atoms with Gasteiger partial charge >= 0.3 is 0 Å². The number of nitrogens with zero attached hydrogens (tertiary/aromatic N) is 4. The van der Waals surface area contributed by atoms with Gasteiger partial charge in [0.25, 0.3) is 0 Å². The lowest BCUT2D eigenvalue weighted by Crippen LogP contribution is -2.52. The van der Waals surface area contributed by atoms with Crippen molar-refractivity contribution in [1.29, 1.82) is 0 Å². The standard InChI is InChI=1S/C16H25N5S/c1-12(2)14(21-7-5-20(3)6-8-21)10-17-16-15-13(4-9-22-15)18-11-19-16/h4,9,11-12,14H,5-8,10H2,1-3H3,(H,17,18,19)/t14-/m1/s1. The second-order valence-electron chi connectivity index (χ2n) is 6.39. The molecule has 5 nitrogen and oxygen atoms in total. The molecule has 0 aromatic carbocycles. The Morgan fingerprint density at radius 2 is 2.00 bits per heavy atom. The molecule has 3 heterocycles. The van der Waals surface area contributed by atoms with Gasteiger partial charge in [-0.25, -0.2) is 9.97 Å². The van der Waals surface area contributed by atoms with E-state index in [1.807, 2.05) is 6.07 Å². The Hall–Kier alpha value is -1.24. The molecule has 1 saturated heterocycles. The summed E-state index contributed by atoms with van der Waals surface area (Å²) in [7, 11) is 2.20. The zero-order chi connectivity index (χ0) is 15.5. The van der Waals surface area contributed by atoms with Gasteiger partial charge in [-0.15, -0.1) is 11.3 Å². The van der Waals surface area contributed by atoms with E-state index in [2.05, 4.69) is 51.4 Å². The molecular formula is C16H25N5S. The Bertz CT molecular complexity index is 603. The summed E-state index contributed by atoms with van der Waals surface area (Å²) in [6.07, 6.45) is 1.65. The summed E-state index contributed by atoms with van der Waals surface area (Å²) in [5, 5.41) is 5.64. The fraction of sp³-hybridized carbons (Fsp3) is 0.625. The van der Waals surface area contributed by atoms with Crippen LogP contribution in [0, 0.1) is 5.92 Å². The highest BCUT2D eigenvalue weighted by Crippen LogP contribution is 2.25. The lowest BCUT2D eigenvalue weighted by atomic mass is 10.0. The zero-order valence-corrected chi connectivity index (χ0v) is 14.4. The van der Waals surface area contributed by atoms with E-state index in [0.29, 0.717) is 12.0 Å². The fourth-order valence-corrected chi connectivity index (χ4v) is 3.87. The number of fused-ring (bicyclic) bond motifs is 1. The largest absolute Gasteiger partial charge is 0.367 e. The highest BCUT2D eigenvalue weighted by atomic mass is 32.1. The Morgan fingerprint density at radius 1 is 1.23 bits per heavy atom. The molecule has 1 N–H and O–H groups in total. The van der Waals surface area contributed by atoms with Crippen molar-refractivity contribution in [2.24, 2.45) is 5.92 Å². The van der Waals surface area contributed by atoms with Crippen LogP contribution < -0.4 is 5.32 Å². The maximum absolute atomic E-state index is 4.43. The molecule has 0 saturated carbocycles. The van der Waals surface area contributed by atoms with Crippen LogP contribution in [0.25, 0.3) is 10.2 Å². The highest BCUT2D eigenvalue weighted by Gasteiger charge is 2.25. The minimum Gasteiger partial charge on any atom is -0.367 e. The molecule has 0 aliphatic carbocycles. The van der Waals surface area contributed by atoms with Gasteiger partial charge in [-0.05, 0) is 24.4 Å². The van der Waals surface area contributed by atoms with E-state index < -0.39 is 0 Å². The first kappa shape index (κ1) is 15.6. The van der Waals surface area contributed by atoms with Gasteiger partial charge in [0.1, 0.15) is 12.1 Å². The normalized spacial score (nSPS) is 18.9. The number of rotatable bonds is 5. The van der Waals surface area contributed by atoms with Crippen molar-refractivity contribution >= 4 is 27.4 Å². The average molecular weight is 319 g/mol. The Balaban J connectivity index is 1.68. The van der Waals surface area contributed by atoms with Crippen molar-refractivity contribution in [2.45, 2.75) is 19.9 Å². The highest BCUT2D eigenvalue weighted by molar-refractivity contribution is 7.17. The first-order valence-electron chi connectivity index (χ1n) is 8.00. The summed E-state index contributed by atoms with van der Waals surface area (Å²) in [5.41, 5.74) is 1.03. The maximum atomic E-state index is 4.43. The van der Waals surface area contributed by atoms with Crippen molar-refractivity contribution in [3.05, 3.63) is 17.8 Å². The summed E-state index contributed by atoms with van der Waals surface area (Å²) < 4.78 is 1.16. The maximum Gasteiger partial charge on any atom is 0.147 e. The number of anilines is 1. The third kappa shape index (κ3) is 3.39. The van der Waals surface area contributed by atoms with Crippen LogP contribution in [0.3, 0.4) is 0 Å². The molecule has 0 bridgehead atoms. The molecule has 3 rings (SSSR count). The molecular weight excluding hydrogens is 294 g/mol. The minimum absolute atomic E-state index is 0.540. The van der Waals surface area contributed by atoms with E-state index in [9.17, 15) is 0 Å². The third-order valence-corrected chi connectivity index (χ3v) is 5.41. The van der Waals surface area contributed by atoms with Crippen molar-refractivity contribution in [3.63, 3.8) is 0 Å². The van der Waals surface area contributed by atoms with Gasteiger partial charge in [-0.1, -0.05) is 13.8 Å². The molecule has 0 unspecified atom stereocenters. The predicted molar refractivity (Wildman–Crippen MR) is 93.6 cm³/mol. The quantitative estimate of drug-likeness (QED) is 0.917. The second kappa shape index (κ2) is 6.89. The average Bonchev–Trinajstić information content (AvgIpc) is 2.98. The first-order chi connectivity index (χ1) is 10.6.